The van der Waals surface area contributed by atoms with Crippen LogP contribution >= 0.6 is 0 Å². The van der Waals surface area contributed by atoms with Crippen molar-refractivity contribution in [3.8, 4) is 0 Å². The third-order valence-corrected chi connectivity index (χ3v) is 3.35. The Labute approximate surface area is 120 Å². The smallest absolute Gasteiger partial charge is 0.380 e. The third kappa shape index (κ3) is 4.86. The van der Waals surface area contributed by atoms with Crippen LogP contribution in [0.3, 0.4) is 0 Å². The lowest BCUT2D eigenvalue weighted by Crippen LogP contribution is -2.33. The number of ether oxygens (including phenoxy) is 1. The molecule has 0 radical (unpaired) electrons. The van der Waals surface area contributed by atoms with Crippen LogP contribution < -0.4 is 10.6 Å². The van der Waals surface area contributed by atoms with Crippen molar-refractivity contribution < 1.29 is 22.3 Å². The Bertz CT molecular complexity index is 459. The number of hydrogen-bond donors (Lipinski definition) is 2. The molecule has 0 bridgehead atoms. The highest BCUT2D eigenvalue weighted by Gasteiger charge is 2.31. The van der Waals surface area contributed by atoms with Crippen molar-refractivity contribution in [2.45, 2.75) is 25.1 Å². The maximum atomic E-state index is 13.6. The van der Waals surface area contributed by atoms with Crippen molar-refractivity contribution >= 4 is 5.69 Å². The summed E-state index contributed by atoms with van der Waals surface area (Å²) in [5.41, 5.74) is -0.937. The van der Waals surface area contributed by atoms with Gasteiger partial charge in [-0.05, 0) is 44.1 Å². The summed E-state index contributed by atoms with van der Waals surface area (Å²) in [6.45, 7) is 2.59. The van der Waals surface area contributed by atoms with Crippen LogP contribution in [0.15, 0.2) is 18.2 Å². The molecule has 0 aliphatic carbocycles. The second-order valence-electron chi connectivity index (χ2n) is 4.94. The lowest BCUT2D eigenvalue weighted by atomic mass is 10.1. The summed E-state index contributed by atoms with van der Waals surface area (Å²) in [5, 5.41) is 5.97. The summed E-state index contributed by atoms with van der Waals surface area (Å²) >= 11 is 0. The maximum Gasteiger partial charge on any atom is 0.416 e. The molecule has 0 saturated carbocycles. The number of rotatable bonds is 5. The molecule has 3 nitrogen and oxygen atoms in total. The quantitative estimate of drug-likeness (QED) is 0.648. The molecule has 1 fully saturated rings. The van der Waals surface area contributed by atoms with Gasteiger partial charge in [0.2, 0.25) is 0 Å². The molecular formula is C14H18F4N2O. The van der Waals surface area contributed by atoms with Crippen molar-refractivity contribution in [1.82, 2.24) is 5.32 Å². The maximum absolute atomic E-state index is 13.6. The average Bonchev–Trinajstić information content (AvgIpc) is 2.45. The highest BCUT2D eigenvalue weighted by molar-refractivity contribution is 5.46. The van der Waals surface area contributed by atoms with E-state index in [-0.39, 0.29) is 11.8 Å². The Kier molecular flexibility index (Phi) is 5.41. The van der Waals surface area contributed by atoms with Gasteiger partial charge in [0.15, 0.2) is 0 Å². The van der Waals surface area contributed by atoms with Gasteiger partial charge in [-0.15, -0.1) is 0 Å². The van der Waals surface area contributed by atoms with E-state index < -0.39 is 17.6 Å². The topological polar surface area (TPSA) is 33.3 Å². The van der Waals surface area contributed by atoms with E-state index >= 15 is 0 Å². The molecule has 2 rings (SSSR count). The molecule has 1 heterocycles. The summed E-state index contributed by atoms with van der Waals surface area (Å²) < 4.78 is 56.4. The number of benzene rings is 1. The van der Waals surface area contributed by atoms with Crippen molar-refractivity contribution in [2.75, 3.05) is 31.6 Å². The monoisotopic (exact) mass is 306 g/mol. The molecule has 0 atom stereocenters. The number of alkyl halides is 3. The second-order valence-corrected chi connectivity index (χ2v) is 4.94. The van der Waals surface area contributed by atoms with Crippen LogP contribution in [0.25, 0.3) is 0 Å². The largest absolute Gasteiger partial charge is 0.416 e. The molecule has 1 saturated heterocycles. The van der Waals surface area contributed by atoms with Crippen molar-refractivity contribution in [2.24, 2.45) is 0 Å². The first-order chi connectivity index (χ1) is 9.97. The molecule has 0 amide bonds. The van der Waals surface area contributed by atoms with Crippen LogP contribution in [0.1, 0.15) is 18.4 Å². The number of nitrogens with one attached hydrogen (secondary N) is 2. The summed E-state index contributed by atoms with van der Waals surface area (Å²) in [6, 6.07) is 2.46. The van der Waals surface area contributed by atoms with Gasteiger partial charge in [-0.3, -0.25) is 0 Å². The molecule has 0 spiro atoms. The fraction of sp³-hybridized carbons (Fsp3) is 0.571. The molecule has 0 aromatic heterocycles. The van der Waals surface area contributed by atoms with Crippen LogP contribution in [-0.4, -0.2) is 32.3 Å². The van der Waals surface area contributed by atoms with Gasteiger partial charge < -0.3 is 15.4 Å². The van der Waals surface area contributed by atoms with Crippen LogP contribution in [0.2, 0.25) is 0 Å². The Morgan fingerprint density at radius 2 is 1.95 bits per heavy atom. The zero-order chi connectivity index (χ0) is 15.3. The fourth-order valence-corrected chi connectivity index (χ4v) is 2.21. The standard InChI is InChI=1S/C14H18F4N2O/c15-12-9-10(14(16,17)18)1-2-13(12)20-7-8-21-11-3-5-19-6-4-11/h1-2,9,11,19-20H,3-8H2. The van der Waals surface area contributed by atoms with E-state index in [1.165, 1.54) is 0 Å². The van der Waals surface area contributed by atoms with E-state index in [4.69, 9.17) is 4.74 Å². The van der Waals surface area contributed by atoms with Gasteiger partial charge >= 0.3 is 6.18 Å². The molecule has 21 heavy (non-hydrogen) atoms. The molecule has 1 aliphatic rings. The van der Waals surface area contributed by atoms with E-state index in [9.17, 15) is 17.6 Å². The van der Waals surface area contributed by atoms with Gasteiger partial charge in [0.1, 0.15) is 5.82 Å². The summed E-state index contributed by atoms with van der Waals surface area (Å²) in [6.07, 6.45) is -2.45. The van der Waals surface area contributed by atoms with Crippen LogP contribution in [0.4, 0.5) is 23.2 Å². The Hall–Kier alpha value is -1.34. The summed E-state index contributed by atoms with van der Waals surface area (Å²) in [5.74, 6) is -0.910. The number of hydrogen-bond acceptors (Lipinski definition) is 3. The molecular weight excluding hydrogens is 288 g/mol. The molecule has 1 aromatic rings. The molecule has 1 aromatic carbocycles. The predicted molar refractivity (Wildman–Crippen MR) is 71.7 cm³/mol. The lowest BCUT2D eigenvalue weighted by molar-refractivity contribution is -0.137. The van der Waals surface area contributed by atoms with Gasteiger partial charge in [0, 0.05) is 6.54 Å². The van der Waals surface area contributed by atoms with Crippen molar-refractivity contribution in [1.29, 1.82) is 0 Å². The number of halogens is 4. The van der Waals surface area contributed by atoms with Crippen LogP contribution in [0.5, 0.6) is 0 Å². The summed E-state index contributed by atoms with van der Waals surface area (Å²) in [4.78, 5) is 0. The van der Waals surface area contributed by atoms with Crippen LogP contribution in [0, 0.1) is 5.82 Å². The normalized spacial score (nSPS) is 17.0. The molecule has 0 unspecified atom stereocenters. The first-order valence-electron chi connectivity index (χ1n) is 6.90. The van der Waals surface area contributed by atoms with Gasteiger partial charge in [-0.2, -0.15) is 13.2 Å². The second kappa shape index (κ2) is 7.09. The lowest BCUT2D eigenvalue weighted by Gasteiger charge is -2.23. The van der Waals surface area contributed by atoms with Crippen molar-refractivity contribution in [3.63, 3.8) is 0 Å². The van der Waals surface area contributed by atoms with E-state index in [2.05, 4.69) is 10.6 Å². The zero-order valence-electron chi connectivity index (χ0n) is 11.5. The average molecular weight is 306 g/mol. The highest BCUT2D eigenvalue weighted by Crippen LogP contribution is 2.31. The number of anilines is 1. The molecule has 1 aliphatic heterocycles. The zero-order valence-corrected chi connectivity index (χ0v) is 11.5. The molecule has 118 valence electrons. The minimum atomic E-state index is -4.53. The highest BCUT2D eigenvalue weighted by atomic mass is 19.4. The first kappa shape index (κ1) is 16.0. The van der Waals surface area contributed by atoms with Gasteiger partial charge in [-0.1, -0.05) is 0 Å². The molecule has 2 N–H and O–H groups in total. The van der Waals surface area contributed by atoms with Gasteiger partial charge in [0.05, 0.1) is 24.0 Å². The third-order valence-electron chi connectivity index (χ3n) is 3.35. The predicted octanol–water partition coefficient (Wildman–Crippen LogP) is 3.03. The fourth-order valence-electron chi connectivity index (χ4n) is 2.21. The Morgan fingerprint density at radius 1 is 1.24 bits per heavy atom. The Balaban J connectivity index is 1.78. The van der Waals surface area contributed by atoms with Crippen LogP contribution in [-0.2, 0) is 10.9 Å². The summed E-state index contributed by atoms with van der Waals surface area (Å²) in [7, 11) is 0. The van der Waals surface area contributed by atoms with E-state index in [1.807, 2.05) is 0 Å². The molecule has 7 heteroatoms. The van der Waals surface area contributed by atoms with E-state index in [1.54, 1.807) is 0 Å². The minimum absolute atomic E-state index is 0.0527. The minimum Gasteiger partial charge on any atom is -0.380 e. The SMILES string of the molecule is Fc1cc(C(F)(F)F)ccc1NCCOC1CCNCC1. The first-order valence-corrected chi connectivity index (χ1v) is 6.90. The van der Waals surface area contributed by atoms with E-state index in [0.717, 1.165) is 38.1 Å². The van der Waals surface area contributed by atoms with Gasteiger partial charge in [0.25, 0.3) is 0 Å². The Morgan fingerprint density at radius 3 is 2.57 bits per heavy atom. The van der Waals surface area contributed by atoms with Crippen molar-refractivity contribution in [3.05, 3.63) is 29.6 Å². The number of piperidine rings is 1. The van der Waals surface area contributed by atoms with E-state index in [0.29, 0.717) is 19.2 Å². The van der Waals surface area contributed by atoms with Gasteiger partial charge in [-0.25, -0.2) is 4.39 Å².